The van der Waals surface area contributed by atoms with Gasteiger partial charge in [-0.2, -0.15) is 10.2 Å². The number of carbonyl (C=O) groups excluding carboxylic acids is 1. The molecule has 0 saturated carbocycles. The highest BCUT2D eigenvalue weighted by atomic mass is 35.5. The van der Waals surface area contributed by atoms with Crippen molar-refractivity contribution < 1.29 is 9.53 Å². The van der Waals surface area contributed by atoms with Gasteiger partial charge in [0.15, 0.2) is 5.82 Å². The largest absolute Gasteiger partial charge is 0.492 e. The molecule has 0 spiro atoms. The maximum absolute atomic E-state index is 12.3. The fourth-order valence-electron chi connectivity index (χ4n) is 3.48. The van der Waals surface area contributed by atoms with Crippen molar-refractivity contribution in [1.29, 1.82) is 5.26 Å². The van der Waals surface area contributed by atoms with Gasteiger partial charge in [-0.15, -0.1) is 0 Å². The minimum Gasteiger partial charge on any atom is -0.492 e. The van der Waals surface area contributed by atoms with Gasteiger partial charge < -0.3 is 20.7 Å². The van der Waals surface area contributed by atoms with Crippen molar-refractivity contribution in [3.8, 4) is 11.8 Å². The van der Waals surface area contributed by atoms with E-state index in [2.05, 4.69) is 32.0 Å². The quantitative estimate of drug-likeness (QED) is 0.447. The van der Waals surface area contributed by atoms with Gasteiger partial charge in [-0.3, -0.25) is 9.69 Å². The molecule has 3 N–H and O–H groups in total. The Balaban J connectivity index is 1.64. The van der Waals surface area contributed by atoms with Crippen LogP contribution in [0.5, 0.6) is 5.75 Å². The molecule has 0 fully saturated rings. The lowest BCUT2D eigenvalue weighted by atomic mass is 10.2. The summed E-state index contributed by atoms with van der Waals surface area (Å²) in [6.45, 7) is 1.78. The summed E-state index contributed by atoms with van der Waals surface area (Å²) in [6, 6.07) is 15.1. The van der Waals surface area contributed by atoms with Crippen LogP contribution in [0.25, 0.3) is 0 Å². The fraction of sp³-hybridized carbons (Fsp3) is 0.250. The highest BCUT2D eigenvalue weighted by Gasteiger charge is 2.12. The highest BCUT2D eigenvalue weighted by molar-refractivity contribution is 6.32. The van der Waals surface area contributed by atoms with Crippen LogP contribution in [-0.4, -0.2) is 47.5 Å². The third-order valence-electron chi connectivity index (χ3n) is 5.05. The Kier molecular flexibility index (Phi) is 7.42. The van der Waals surface area contributed by atoms with E-state index in [1.807, 2.05) is 36.2 Å². The van der Waals surface area contributed by atoms with E-state index in [1.165, 1.54) is 6.20 Å². The van der Waals surface area contributed by atoms with Gasteiger partial charge in [-0.25, -0.2) is 4.98 Å². The molecular weight excluding hydrogens is 454 g/mol. The molecule has 1 aromatic heterocycles. The number of likely N-dealkylation sites (N-methyl/N-ethyl adjacent to an activating group) is 1. The monoisotopic (exact) mass is 477 g/mol. The molecule has 0 aliphatic carbocycles. The van der Waals surface area contributed by atoms with Gasteiger partial charge in [0.1, 0.15) is 17.4 Å². The molecule has 2 aromatic carbocycles. The summed E-state index contributed by atoms with van der Waals surface area (Å²) < 4.78 is 5.75. The first kappa shape index (κ1) is 23.3. The number of fused-ring (bicyclic) bond motifs is 10. The Morgan fingerprint density at radius 3 is 2.82 bits per heavy atom. The number of amides is 1. The number of hydrogen-bond acceptors (Lipinski definition) is 8. The summed E-state index contributed by atoms with van der Waals surface area (Å²) in [6.07, 6.45) is 2.11. The molecule has 5 rings (SSSR count). The van der Waals surface area contributed by atoms with E-state index in [0.29, 0.717) is 59.9 Å². The molecule has 2 aliphatic rings. The Labute approximate surface area is 202 Å². The summed E-state index contributed by atoms with van der Waals surface area (Å²) >= 11 is 6.37. The van der Waals surface area contributed by atoms with Crippen molar-refractivity contribution in [2.75, 3.05) is 37.4 Å². The second-order valence-corrected chi connectivity index (χ2v) is 8.29. The van der Waals surface area contributed by atoms with Crippen LogP contribution in [0.1, 0.15) is 17.5 Å². The molecule has 174 valence electrons. The zero-order valence-electron chi connectivity index (χ0n) is 18.6. The lowest BCUT2D eigenvalue weighted by Crippen LogP contribution is -2.35. The minimum atomic E-state index is -0.0525. The number of nitrogens with one attached hydrogen (secondary N) is 3. The first-order chi connectivity index (χ1) is 16.5. The van der Waals surface area contributed by atoms with Crippen molar-refractivity contribution in [3.63, 3.8) is 0 Å². The predicted molar refractivity (Wildman–Crippen MR) is 131 cm³/mol. The number of ether oxygens (including phenoxy) is 1. The van der Waals surface area contributed by atoms with Crippen molar-refractivity contribution in [2.24, 2.45) is 0 Å². The third kappa shape index (κ3) is 6.13. The van der Waals surface area contributed by atoms with Crippen LogP contribution in [0, 0.1) is 11.3 Å². The average Bonchev–Trinajstić information content (AvgIpc) is 2.80. The second-order valence-electron chi connectivity index (χ2n) is 7.89. The topological polar surface area (TPSA) is 115 Å². The van der Waals surface area contributed by atoms with E-state index in [-0.39, 0.29) is 12.5 Å². The maximum atomic E-state index is 12.3. The zero-order valence-corrected chi connectivity index (χ0v) is 19.4. The number of nitriles is 1. The first-order valence-electron chi connectivity index (χ1n) is 10.8. The molecular formula is C24H24ClN7O2. The van der Waals surface area contributed by atoms with Crippen LogP contribution >= 0.6 is 11.6 Å². The standard InChI is InChI=1S/C24H24ClN7O2/c1-32-14-16-4-2-5-18(10-16)29-23-17(12-26)13-28-24(31-23)30-19-6-7-21(20(25)11-19)34-9-3-8-27-22(33)15-32/h2,4-7,10-11,13H,3,8-9,14-15H2,1H3,(H,27,33)(H2,28,29,30,31). The number of carbonyl (C=O) groups is 1. The molecule has 9 nitrogen and oxygen atoms in total. The van der Waals surface area contributed by atoms with Crippen molar-refractivity contribution in [1.82, 2.24) is 20.2 Å². The second kappa shape index (κ2) is 10.8. The molecule has 0 unspecified atom stereocenters. The van der Waals surface area contributed by atoms with E-state index in [0.717, 1.165) is 11.3 Å². The number of hydrogen-bond donors (Lipinski definition) is 3. The number of rotatable bonds is 0. The summed E-state index contributed by atoms with van der Waals surface area (Å²) in [5, 5.41) is 19.2. The molecule has 0 radical (unpaired) electrons. The summed E-state index contributed by atoms with van der Waals surface area (Å²) in [7, 11) is 1.89. The van der Waals surface area contributed by atoms with Gasteiger partial charge in [0.05, 0.1) is 24.4 Å². The Morgan fingerprint density at radius 1 is 1.15 bits per heavy atom. The molecule has 3 heterocycles. The molecule has 6 bridgehead atoms. The molecule has 3 aromatic rings. The van der Waals surface area contributed by atoms with E-state index in [4.69, 9.17) is 16.3 Å². The molecule has 10 heteroatoms. The molecule has 0 atom stereocenters. The zero-order chi connectivity index (χ0) is 23.9. The predicted octanol–water partition coefficient (Wildman–Crippen LogP) is 3.82. The van der Waals surface area contributed by atoms with Gasteiger partial charge in [-0.1, -0.05) is 23.7 Å². The minimum absolute atomic E-state index is 0.0525. The fourth-order valence-corrected chi connectivity index (χ4v) is 3.71. The van der Waals surface area contributed by atoms with Crippen LogP contribution < -0.4 is 20.7 Å². The number of benzene rings is 2. The van der Waals surface area contributed by atoms with Crippen molar-refractivity contribution in [2.45, 2.75) is 13.0 Å². The summed E-state index contributed by atoms with van der Waals surface area (Å²) in [5.41, 5.74) is 2.77. The SMILES string of the molecule is CN1CC(=O)NCCCOc2ccc(cc2Cl)Nc2ncc(C#N)c(n2)Nc2cccc(c2)C1. The van der Waals surface area contributed by atoms with Gasteiger partial charge in [0, 0.05) is 24.5 Å². The third-order valence-corrected chi connectivity index (χ3v) is 5.35. The van der Waals surface area contributed by atoms with E-state index in [9.17, 15) is 10.1 Å². The summed E-state index contributed by atoms with van der Waals surface area (Å²) in [4.78, 5) is 22.9. The number of anilines is 4. The van der Waals surface area contributed by atoms with E-state index >= 15 is 0 Å². The molecule has 34 heavy (non-hydrogen) atoms. The normalized spacial score (nSPS) is 15.0. The van der Waals surface area contributed by atoms with Crippen molar-refractivity contribution >= 4 is 40.6 Å². The lowest BCUT2D eigenvalue weighted by Gasteiger charge is -2.17. The Hall–Kier alpha value is -3.87. The molecule has 0 saturated heterocycles. The molecule has 1 amide bonds. The number of halogens is 1. The maximum Gasteiger partial charge on any atom is 0.234 e. The van der Waals surface area contributed by atoms with Crippen LogP contribution in [0.3, 0.4) is 0 Å². The van der Waals surface area contributed by atoms with Gasteiger partial charge in [0.2, 0.25) is 11.9 Å². The van der Waals surface area contributed by atoms with Crippen LogP contribution in [0.2, 0.25) is 5.02 Å². The van der Waals surface area contributed by atoms with Gasteiger partial charge >= 0.3 is 0 Å². The van der Waals surface area contributed by atoms with E-state index in [1.54, 1.807) is 18.2 Å². The Morgan fingerprint density at radius 2 is 2.00 bits per heavy atom. The van der Waals surface area contributed by atoms with Gasteiger partial charge in [-0.05, 0) is 49.4 Å². The lowest BCUT2D eigenvalue weighted by molar-refractivity contribution is -0.122. The Bertz CT molecular complexity index is 1230. The smallest absolute Gasteiger partial charge is 0.234 e. The van der Waals surface area contributed by atoms with Crippen molar-refractivity contribution in [3.05, 3.63) is 64.8 Å². The van der Waals surface area contributed by atoms with Gasteiger partial charge in [0.25, 0.3) is 0 Å². The van der Waals surface area contributed by atoms with Crippen LogP contribution in [0.15, 0.2) is 48.7 Å². The van der Waals surface area contributed by atoms with Crippen LogP contribution in [-0.2, 0) is 11.3 Å². The number of aromatic nitrogens is 2. The highest BCUT2D eigenvalue weighted by Crippen LogP contribution is 2.29. The number of nitrogens with zero attached hydrogens (tertiary/aromatic N) is 4. The van der Waals surface area contributed by atoms with Crippen LogP contribution in [0.4, 0.5) is 23.1 Å². The molecule has 2 aliphatic heterocycles. The average molecular weight is 478 g/mol. The first-order valence-corrected chi connectivity index (χ1v) is 11.2. The van der Waals surface area contributed by atoms with E-state index < -0.39 is 0 Å². The summed E-state index contributed by atoms with van der Waals surface area (Å²) in [5.74, 6) is 1.19.